The topological polar surface area (TPSA) is 62.6 Å². The smallest absolute Gasteiger partial charge is 0.260 e. The van der Waals surface area contributed by atoms with E-state index in [-0.39, 0.29) is 5.69 Å². The molecule has 56 heavy (non-hydrogen) atoms. The molecule has 5 aromatic carbocycles. The molecule has 0 bridgehead atoms. The average Bonchev–Trinajstić information content (AvgIpc) is 3.95. The number of hydrogen-bond donors (Lipinski definition) is 0. The third-order valence-corrected chi connectivity index (χ3v) is 10.9. The van der Waals surface area contributed by atoms with Gasteiger partial charge in [0.25, 0.3) is 0 Å². The zero-order valence-corrected chi connectivity index (χ0v) is 33.6. The van der Waals surface area contributed by atoms with Crippen molar-refractivity contribution in [2.24, 2.45) is 0 Å². The van der Waals surface area contributed by atoms with Crippen LogP contribution in [0.1, 0.15) is 101 Å². The van der Waals surface area contributed by atoms with E-state index in [1.165, 1.54) is 33.4 Å². The van der Waals surface area contributed by atoms with Crippen molar-refractivity contribution < 1.29 is 0 Å². The van der Waals surface area contributed by atoms with Crippen molar-refractivity contribution in [3.63, 3.8) is 0 Å². The molecule has 8 aromatic rings. The first kappa shape index (κ1) is 36.8. The van der Waals surface area contributed by atoms with Crippen LogP contribution in [0.25, 0.3) is 56.0 Å². The third-order valence-electron chi connectivity index (χ3n) is 10.9. The second kappa shape index (κ2) is 14.8. The summed E-state index contributed by atoms with van der Waals surface area (Å²) in [5, 5.41) is 9.75. The van der Waals surface area contributed by atoms with Crippen molar-refractivity contribution in [2.45, 2.75) is 79.1 Å². The number of rotatable bonds is 10. The first-order valence-electron chi connectivity index (χ1n) is 19.8. The zero-order valence-electron chi connectivity index (χ0n) is 33.6. The van der Waals surface area contributed by atoms with Crippen molar-refractivity contribution in [3.05, 3.63) is 167 Å². The number of nitrogens with zero attached hydrogens (tertiary/aromatic N) is 6. The molecule has 0 spiro atoms. The van der Waals surface area contributed by atoms with Crippen molar-refractivity contribution >= 4 is 11.0 Å². The minimum atomic E-state index is -0.150. The quantitative estimate of drug-likeness (QED) is 0.140. The molecule has 0 saturated heterocycles. The van der Waals surface area contributed by atoms with Crippen LogP contribution < -0.4 is 5.69 Å². The second-order valence-electron chi connectivity index (χ2n) is 16.1. The van der Waals surface area contributed by atoms with Crippen molar-refractivity contribution in [2.75, 3.05) is 0 Å². The number of para-hydroxylation sites is 1. The Balaban J connectivity index is 1.26. The van der Waals surface area contributed by atoms with Crippen LogP contribution in [0, 0.1) is 0 Å². The van der Waals surface area contributed by atoms with Crippen molar-refractivity contribution in [1.82, 2.24) is 28.7 Å². The lowest BCUT2D eigenvalue weighted by molar-refractivity contribution is 0.838. The number of imidazole rings is 1. The van der Waals surface area contributed by atoms with E-state index >= 15 is 0 Å². The number of aromatic nitrogens is 6. The lowest BCUT2D eigenvalue weighted by Gasteiger charge is -2.18. The Kier molecular flexibility index (Phi) is 9.71. The number of benzene rings is 5. The summed E-state index contributed by atoms with van der Waals surface area (Å²) < 4.78 is 7.43. The van der Waals surface area contributed by atoms with E-state index in [1.54, 1.807) is 9.13 Å². The normalized spacial score (nSPS) is 11.9. The van der Waals surface area contributed by atoms with Crippen LogP contribution in [-0.2, 0) is 0 Å². The van der Waals surface area contributed by atoms with Gasteiger partial charge in [0.15, 0.2) is 0 Å². The van der Waals surface area contributed by atoms with Crippen LogP contribution in [0.5, 0.6) is 0 Å². The molecule has 0 fully saturated rings. The lowest BCUT2D eigenvalue weighted by atomic mass is 9.86. The molecule has 282 valence electrons. The summed E-state index contributed by atoms with van der Waals surface area (Å²) in [6, 6.07) is 37.3. The van der Waals surface area contributed by atoms with Crippen LogP contribution in [0.4, 0.5) is 0 Å². The highest BCUT2D eigenvalue weighted by atomic mass is 16.1. The maximum Gasteiger partial charge on any atom is 0.338 e. The molecular formula is C49H50N6O. The van der Waals surface area contributed by atoms with Crippen LogP contribution in [0.3, 0.4) is 0 Å². The molecular weight excluding hydrogens is 689 g/mol. The van der Waals surface area contributed by atoms with Gasteiger partial charge in [-0.2, -0.15) is 10.2 Å². The van der Waals surface area contributed by atoms with Gasteiger partial charge in [-0.3, -0.25) is 9.13 Å². The maximum atomic E-state index is 14.6. The molecule has 0 unspecified atom stereocenters. The molecule has 0 saturated carbocycles. The maximum absolute atomic E-state index is 14.6. The molecule has 3 heterocycles. The van der Waals surface area contributed by atoms with E-state index < -0.39 is 0 Å². The number of fused-ring (bicyclic) bond motifs is 1. The first-order chi connectivity index (χ1) is 27.0. The fourth-order valence-electron chi connectivity index (χ4n) is 8.13. The van der Waals surface area contributed by atoms with Crippen LogP contribution in [0.15, 0.2) is 139 Å². The van der Waals surface area contributed by atoms with Gasteiger partial charge < -0.3 is 0 Å². The molecule has 0 atom stereocenters. The fourth-order valence-corrected chi connectivity index (χ4v) is 8.13. The summed E-state index contributed by atoms with van der Waals surface area (Å²) >= 11 is 0. The summed E-state index contributed by atoms with van der Waals surface area (Å²) in [6.45, 7) is 17.9. The predicted molar refractivity (Wildman–Crippen MR) is 230 cm³/mol. The Labute approximate surface area is 329 Å². The Hall–Kier alpha value is -6.21. The second-order valence-corrected chi connectivity index (χ2v) is 16.1. The van der Waals surface area contributed by atoms with Crippen molar-refractivity contribution in [1.29, 1.82) is 0 Å². The van der Waals surface area contributed by atoms with Gasteiger partial charge in [-0.05, 0) is 106 Å². The van der Waals surface area contributed by atoms with Gasteiger partial charge in [-0.25, -0.2) is 14.2 Å². The fraction of sp³-hybridized carbons (Fsp3) is 0.245. The highest BCUT2D eigenvalue weighted by Gasteiger charge is 2.21. The summed E-state index contributed by atoms with van der Waals surface area (Å²) in [5.41, 5.74) is 14.7. The Morgan fingerprint density at radius 1 is 0.429 bits per heavy atom. The van der Waals surface area contributed by atoms with Gasteiger partial charge in [0, 0.05) is 23.5 Å². The van der Waals surface area contributed by atoms with E-state index in [0.29, 0.717) is 23.7 Å². The molecule has 8 rings (SSSR count). The minimum Gasteiger partial charge on any atom is -0.260 e. The third kappa shape index (κ3) is 6.51. The van der Waals surface area contributed by atoms with Crippen LogP contribution in [-0.4, -0.2) is 28.7 Å². The summed E-state index contributed by atoms with van der Waals surface area (Å²) in [6.07, 6.45) is 8.15. The standard InChI is InChI=1S/C49H50N6O/c1-31(2)41-19-13-20-42(32(3)4)47(41)35-27-50-52(29-35)38-17-12-18-40(25-38)55-46-26-39(23-24-45(46)54(49(55)56)37-15-10-9-11-16-37)53-30-36(28-51-53)48-43(33(5)6)21-14-22-44(48)34(7)8/h9-34H,1-8H3. The van der Waals surface area contributed by atoms with E-state index in [4.69, 9.17) is 10.2 Å². The van der Waals surface area contributed by atoms with Gasteiger partial charge in [0.05, 0.1) is 46.2 Å². The van der Waals surface area contributed by atoms with Crippen LogP contribution >= 0.6 is 0 Å². The summed E-state index contributed by atoms with van der Waals surface area (Å²) in [5.74, 6) is 1.48. The molecule has 3 aromatic heterocycles. The van der Waals surface area contributed by atoms with Gasteiger partial charge >= 0.3 is 5.69 Å². The Morgan fingerprint density at radius 2 is 0.857 bits per heavy atom. The first-order valence-corrected chi connectivity index (χ1v) is 19.8. The lowest BCUT2D eigenvalue weighted by Crippen LogP contribution is -2.22. The minimum absolute atomic E-state index is 0.150. The molecule has 7 heteroatoms. The average molecular weight is 739 g/mol. The molecule has 0 amide bonds. The van der Waals surface area contributed by atoms with Crippen molar-refractivity contribution in [3.8, 4) is 45.0 Å². The molecule has 0 aliphatic rings. The Morgan fingerprint density at radius 3 is 1.36 bits per heavy atom. The van der Waals surface area contributed by atoms with E-state index in [0.717, 1.165) is 44.9 Å². The largest absolute Gasteiger partial charge is 0.338 e. The highest BCUT2D eigenvalue weighted by molar-refractivity contribution is 5.83. The summed E-state index contributed by atoms with van der Waals surface area (Å²) in [4.78, 5) is 14.6. The van der Waals surface area contributed by atoms with Gasteiger partial charge in [-0.1, -0.05) is 116 Å². The van der Waals surface area contributed by atoms with Gasteiger partial charge in [0.2, 0.25) is 0 Å². The zero-order chi connectivity index (χ0) is 39.2. The highest BCUT2D eigenvalue weighted by Crippen LogP contribution is 2.38. The van der Waals surface area contributed by atoms with E-state index in [2.05, 4.69) is 110 Å². The van der Waals surface area contributed by atoms with E-state index in [1.807, 2.05) is 88.5 Å². The molecule has 0 aliphatic carbocycles. The molecule has 0 radical (unpaired) electrons. The van der Waals surface area contributed by atoms with E-state index in [9.17, 15) is 4.79 Å². The summed E-state index contributed by atoms with van der Waals surface area (Å²) in [7, 11) is 0. The molecule has 0 N–H and O–H groups in total. The SMILES string of the molecule is CC(C)c1cccc(C(C)C)c1-c1cnn(-c2cccc(-n3c(=O)n(-c4ccccc4)c4ccc(-n5cc(-c6c(C(C)C)cccc6C(C)C)cn5)cc43)c2)c1. The molecule has 0 aliphatic heterocycles. The Bertz CT molecular complexity index is 2680. The van der Waals surface area contributed by atoms with Gasteiger partial charge in [0.1, 0.15) is 0 Å². The number of hydrogen-bond acceptors (Lipinski definition) is 3. The monoisotopic (exact) mass is 738 g/mol. The predicted octanol–water partition coefficient (Wildman–Crippen LogP) is 12.0. The molecule has 7 nitrogen and oxygen atoms in total. The van der Waals surface area contributed by atoms with Crippen LogP contribution in [0.2, 0.25) is 0 Å². The van der Waals surface area contributed by atoms with Gasteiger partial charge in [-0.15, -0.1) is 0 Å².